The second-order valence-corrected chi connectivity index (χ2v) is 7.30. The summed E-state index contributed by atoms with van der Waals surface area (Å²) in [7, 11) is 0. The molecule has 0 unspecified atom stereocenters. The van der Waals surface area contributed by atoms with E-state index in [0.29, 0.717) is 30.3 Å². The van der Waals surface area contributed by atoms with Gasteiger partial charge in [0.05, 0.1) is 13.2 Å². The van der Waals surface area contributed by atoms with E-state index in [9.17, 15) is 4.79 Å². The van der Waals surface area contributed by atoms with E-state index in [4.69, 9.17) is 9.47 Å². The second kappa shape index (κ2) is 11.9. The van der Waals surface area contributed by atoms with Crippen molar-refractivity contribution in [2.75, 3.05) is 32.8 Å². The molecule has 1 fully saturated rings. The Morgan fingerprint density at radius 2 is 1.70 bits per heavy atom. The second-order valence-electron chi connectivity index (χ2n) is 7.30. The summed E-state index contributed by atoms with van der Waals surface area (Å²) in [5.41, 5.74) is 0.637. The van der Waals surface area contributed by atoms with E-state index in [0.717, 1.165) is 38.8 Å². The third-order valence-corrected chi connectivity index (χ3v) is 4.88. The van der Waals surface area contributed by atoms with Crippen LogP contribution in [0.15, 0.2) is 18.2 Å². The van der Waals surface area contributed by atoms with E-state index in [1.54, 1.807) is 0 Å². The van der Waals surface area contributed by atoms with Crippen molar-refractivity contribution in [3.8, 4) is 11.5 Å². The summed E-state index contributed by atoms with van der Waals surface area (Å²) >= 11 is 0. The van der Waals surface area contributed by atoms with Gasteiger partial charge in [-0.15, -0.1) is 0 Å². The minimum atomic E-state index is -0.0228. The maximum absolute atomic E-state index is 12.7. The highest BCUT2D eigenvalue weighted by Crippen LogP contribution is 2.29. The molecule has 1 aliphatic rings. The first-order valence-electron chi connectivity index (χ1n) is 10.6. The normalized spacial score (nSPS) is 15.5. The SMILES string of the molecule is CCCCN1CCC(NC(=O)c2ccc(OCCC)c(OCCC)c2)CC1. The lowest BCUT2D eigenvalue weighted by Crippen LogP contribution is -2.44. The number of ether oxygens (including phenoxy) is 2. The van der Waals surface area contributed by atoms with Gasteiger partial charge < -0.3 is 19.7 Å². The number of piperidine rings is 1. The van der Waals surface area contributed by atoms with Gasteiger partial charge in [0.2, 0.25) is 0 Å². The number of hydrogen-bond donors (Lipinski definition) is 1. The van der Waals surface area contributed by atoms with Gasteiger partial charge in [0.15, 0.2) is 11.5 Å². The molecule has 5 nitrogen and oxygen atoms in total. The van der Waals surface area contributed by atoms with Crippen LogP contribution in [0.4, 0.5) is 0 Å². The molecule has 1 aliphatic heterocycles. The number of benzene rings is 1. The zero-order chi connectivity index (χ0) is 19.5. The lowest BCUT2D eigenvalue weighted by atomic mass is 10.0. The van der Waals surface area contributed by atoms with Crippen LogP contribution < -0.4 is 14.8 Å². The van der Waals surface area contributed by atoms with Crippen molar-refractivity contribution in [2.45, 2.75) is 65.3 Å². The monoisotopic (exact) mass is 376 g/mol. The predicted molar refractivity (Wildman–Crippen MR) is 110 cm³/mol. The van der Waals surface area contributed by atoms with E-state index in [-0.39, 0.29) is 11.9 Å². The van der Waals surface area contributed by atoms with Crippen molar-refractivity contribution in [2.24, 2.45) is 0 Å². The Labute approximate surface area is 164 Å². The number of likely N-dealkylation sites (tertiary alicyclic amines) is 1. The zero-order valence-corrected chi connectivity index (χ0v) is 17.3. The van der Waals surface area contributed by atoms with Gasteiger partial charge in [0.25, 0.3) is 5.91 Å². The summed E-state index contributed by atoms with van der Waals surface area (Å²) in [6.45, 7) is 10.9. The largest absolute Gasteiger partial charge is 0.490 e. The van der Waals surface area contributed by atoms with Gasteiger partial charge in [0.1, 0.15) is 0 Å². The van der Waals surface area contributed by atoms with Crippen molar-refractivity contribution in [3.05, 3.63) is 23.8 Å². The molecule has 0 saturated carbocycles. The van der Waals surface area contributed by atoms with Gasteiger partial charge in [0, 0.05) is 24.7 Å². The molecule has 1 saturated heterocycles. The molecule has 2 rings (SSSR count). The molecule has 152 valence electrons. The molecular weight excluding hydrogens is 340 g/mol. The van der Waals surface area contributed by atoms with Crippen LogP contribution in [0.2, 0.25) is 0 Å². The Morgan fingerprint density at radius 1 is 1.04 bits per heavy atom. The average molecular weight is 377 g/mol. The summed E-state index contributed by atoms with van der Waals surface area (Å²) in [6, 6.07) is 5.75. The third kappa shape index (κ3) is 7.06. The lowest BCUT2D eigenvalue weighted by molar-refractivity contribution is 0.0910. The number of nitrogens with one attached hydrogen (secondary N) is 1. The molecule has 0 radical (unpaired) electrons. The number of amides is 1. The predicted octanol–water partition coefficient (Wildman–Crippen LogP) is 4.26. The van der Waals surface area contributed by atoms with Gasteiger partial charge in [-0.2, -0.15) is 0 Å². The fourth-order valence-electron chi connectivity index (χ4n) is 3.26. The number of rotatable bonds is 11. The summed E-state index contributed by atoms with van der Waals surface area (Å²) < 4.78 is 11.6. The van der Waals surface area contributed by atoms with E-state index in [1.807, 2.05) is 18.2 Å². The van der Waals surface area contributed by atoms with Crippen molar-refractivity contribution >= 4 is 5.91 Å². The van der Waals surface area contributed by atoms with Crippen LogP contribution in [0.3, 0.4) is 0 Å². The number of carbonyl (C=O) groups excluding carboxylic acids is 1. The summed E-state index contributed by atoms with van der Waals surface area (Å²) in [5.74, 6) is 1.35. The summed E-state index contributed by atoms with van der Waals surface area (Å²) in [5, 5.41) is 3.20. The molecule has 0 aliphatic carbocycles. The fourth-order valence-corrected chi connectivity index (χ4v) is 3.26. The van der Waals surface area contributed by atoms with E-state index in [2.05, 4.69) is 31.0 Å². The Balaban J connectivity index is 1.93. The van der Waals surface area contributed by atoms with Crippen LogP contribution >= 0.6 is 0 Å². The molecule has 1 aromatic carbocycles. The van der Waals surface area contributed by atoms with E-state index in [1.165, 1.54) is 19.4 Å². The molecule has 5 heteroatoms. The number of nitrogens with zero attached hydrogens (tertiary/aromatic N) is 1. The minimum Gasteiger partial charge on any atom is -0.490 e. The van der Waals surface area contributed by atoms with Gasteiger partial charge in [-0.25, -0.2) is 0 Å². The Hall–Kier alpha value is -1.75. The van der Waals surface area contributed by atoms with Crippen LogP contribution in [0.25, 0.3) is 0 Å². The maximum Gasteiger partial charge on any atom is 0.251 e. The van der Waals surface area contributed by atoms with Crippen molar-refractivity contribution < 1.29 is 14.3 Å². The molecule has 1 amide bonds. The van der Waals surface area contributed by atoms with Gasteiger partial charge >= 0.3 is 0 Å². The topological polar surface area (TPSA) is 50.8 Å². The fraction of sp³-hybridized carbons (Fsp3) is 0.682. The van der Waals surface area contributed by atoms with Gasteiger partial charge in [-0.1, -0.05) is 27.2 Å². The first-order chi connectivity index (χ1) is 13.2. The summed E-state index contributed by atoms with van der Waals surface area (Å²) in [4.78, 5) is 15.2. The molecule has 27 heavy (non-hydrogen) atoms. The lowest BCUT2D eigenvalue weighted by Gasteiger charge is -2.32. The maximum atomic E-state index is 12.7. The highest BCUT2D eigenvalue weighted by molar-refractivity contribution is 5.95. The van der Waals surface area contributed by atoms with Gasteiger partial charge in [-0.3, -0.25) is 4.79 Å². The average Bonchev–Trinajstić information content (AvgIpc) is 2.70. The van der Waals surface area contributed by atoms with Crippen LogP contribution in [-0.2, 0) is 0 Å². The molecule has 0 bridgehead atoms. The first-order valence-corrected chi connectivity index (χ1v) is 10.6. The Bertz CT molecular complexity index is 569. The standard InChI is InChI=1S/C22H36N2O3/c1-4-7-12-24-13-10-19(11-14-24)23-22(25)18-8-9-20(26-15-5-2)21(17-18)27-16-6-3/h8-9,17,19H,4-7,10-16H2,1-3H3,(H,23,25). The van der Waals surface area contributed by atoms with E-state index >= 15 is 0 Å². The molecule has 1 N–H and O–H groups in total. The van der Waals surface area contributed by atoms with Crippen LogP contribution in [-0.4, -0.2) is 49.7 Å². The Morgan fingerprint density at radius 3 is 2.33 bits per heavy atom. The number of carbonyl (C=O) groups is 1. The molecular formula is C22H36N2O3. The third-order valence-electron chi connectivity index (χ3n) is 4.88. The highest BCUT2D eigenvalue weighted by Gasteiger charge is 2.21. The van der Waals surface area contributed by atoms with Crippen molar-refractivity contribution in [1.29, 1.82) is 0 Å². The molecule has 1 aromatic rings. The quantitative estimate of drug-likeness (QED) is 0.627. The number of unbranched alkanes of at least 4 members (excludes halogenated alkanes) is 1. The summed E-state index contributed by atoms with van der Waals surface area (Å²) in [6.07, 6.45) is 6.38. The Kier molecular flexibility index (Phi) is 9.46. The van der Waals surface area contributed by atoms with Crippen molar-refractivity contribution in [3.63, 3.8) is 0 Å². The molecule has 0 atom stereocenters. The minimum absolute atomic E-state index is 0.0228. The molecule has 1 heterocycles. The van der Waals surface area contributed by atoms with Crippen LogP contribution in [0.5, 0.6) is 11.5 Å². The zero-order valence-electron chi connectivity index (χ0n) is 17.3. The van der Waals surface area contributed by atoms with Crippen LogP contribution in [0, 0.1) is 0 Å². The van der Waals surface area contributed by atoms with E-state index < -0.39 is 0 Å². The number of hydrogen-bond acceptors (Lipinski definition) is 4. The molecule has 0 aromatic heterocycles. The molecule has 0 spiro atoms. The van der Waals surface area contributed by atoms with Gasteiger partial charge in [-0.05, 0) is 56.8 Å². The highest BCUT2D eigenvalue weighted by atomic mass is 16.5. The smallest absolute Gasteiger partial charge is 0.251 e. The van der Waals surface area contributed by atoms with Crippen LogP contribution in [0.1, 0.15) is 69.7 Å². The first kappa shape index (κ1) is 21.5. The van der Waals surface area contributed by atoms with Crippen molar-refractivity contribution in [1.82, 2.24) is 10.2 Å².